The molecule has 1 aliphatic rings. The lowest BCUT2D eigenvalue weighted by Crippen LogP contribution is -2.41. The number of nitrogens with zero attached hydrogens (tertiary/aromatic N) is 1. The number of aliphatic imine (C=N–C) groups is 1. The van der Waals surface area contributed by atoms with Gasteiger partial charge in [-0.25, -0.2) is 0 Å². The second-order valence-electron chi connectivity index (χ2n) is 6.25. The number of nitrogens with one attached hydrogen (secondary N) is 3. The van der Waals surface area contributed by atoms with Gasteiger partial charge in [-0.15, -0.1) is 0 Å². The minimum absolute atomic E-state index is 0.102. The highest BCUT2D eigenvalue weighted by Gasteiger charge is 2.13. The molecule has 0 bridgehead atoms. The lowest BCUT2D eigenvalue weighted by atomic mass is 9.98. The lowest BCUT2D eigenvalue weighted by Gasteiger charge is -2.22. The molecule has 0 unspecified atom stereocenters. The Kier molecular flexibility index (Phi) is 8.83. The average molecular weight is 346 g/mol. The van der Waals surface area contributed by atoms with E-state index in [-0.39, 0.29) is 12.5 Å². The standard InChI is InChI=1S/C19H30N4O2/c1-20-19(21-13-8-14-25-17-11-6-3-7-12-17)22-15-18(24)23-16-9-4-2-5-10-16/h2,4-5,9-10,17H,3,6-8,11-15H2,1H3,(H,23,24)(H2,20,21,22). The number of ether oxygens (including phenoxy) is 1. The number of rotatable bonds is 8. The van der Waals surface area contributed by atoms with Gasteiger partial charge in [0.05, 0.1) is 12.6 Å². The Morgan fingerprint density at radius 1 is 1.16 bits per heavy atom. The molecule has 1 aliphatic carbocycles. The fraction of sp³-hybridized carbons (Fsp3) is 0.579. The Morgan fingerprint density at radius 3 is 2.64 bits per heavy atom. The zero-order valence-corrected chi connectivity index (χ0v) is 15.1. The summed E-state index contributed by atoms with van der Waals surface area (Å²) in [5.74, 6) is 0.524. The van der Waals surface area contributed by atoms with Crippen LogP contribution < -0.4 is 16.0 Å². The molecule has 0 aliphatic heterocycles. The summed E-state index contributed by atoms with van der Waals surface area (Å²) in [6.45, 7) is 1.71. The number of hydrogen-bond acceptors (Lipinski definition) is 3. The van der Waals surface area contributed by atoms with Crippen molar-refractivity contribution in [1.29, 1.82) is 0 Å². The predicted octanol–water partition coefficient (Wildman–Crippen LogP) is 2.53. The van der Waals surface area contributed by atoms with Gasteiger partial charge in [-0.05, 0) is 31.4 Å². The summed E-state index contributed by atoms with van der Waals surface area (Å²) >= 11 is 0. The zero-order chi connectivity index (χ0) is 17.7. The Balaban J connectivity index is 1.55. The zero-order valence-electron chi connectivity index (χ0n) is 15.1. The second-order valence-corrected chi connectivity index (χ2v) is 6.25. The van der Waals surface area contributed by atoms with Gasteiger partial charge in [-0.3, -0.25) is 9.79 Å². The first-order valence-electron chi connectivity index (χ1n) is 9.19. The summed E-state index contributed by atoms with van der Waals surface area (Å²) in [5, 5.41) is 9.05. The minimum atomic E-state index is -0.102. The molecule has 6 nitrogen and oxygen atoms in total. The van der Waals surface area contributed by atoms with Crippen molar-refractivity contribution in [3.63, 3.8) is 0 Å². The molecule has 2 rings (SSSR count). The third-order valence-electron chi connectivity index (χ3n) is 4.22. The molecule has 0 radical (unpaired) electrons. The van der Waals surface area contributed by atoms with Crippen LogP contribution in [0.2, 0.25) is 0 Å². The quantitative estimate of drug-likeness (QED) is 0.384. The molecular weight excluding hydrogens is 316 g/mol. The first kappa shape index (κ1) is 19.2. The third kappa shape index (κ3) is 8.03. The summed E-state index contributed by atoms with van der Waals surface area (Å²) in [6.07, 6.45) is 7.72. The van der Waals surface area contributed by atoms with Crippen LogP contribution in [0.5, 0.6) is 0 Å². The smallest absolute Gasteiger partial charge is 0.243 e. The molecule has 1 fully saturated rings. The first-order chi connectivity index (χ1) is 12.3. The van der Waals surface area contributed by atoms with Crippen molar-refractivity contribution in [3.8, 4) is 0 Å². The van der Waals surface area contributed by atoms with Crippen LogP contribution in [0, 0.1) is 0 Å². The van der Waals surface area contributed by atoms with E-state index >= 15 is 0 Å². The van der Waals surface area contributed by atoms with Crippen molar-refractivity contribution in [3.05, 3.63) is 30.3 Å². The molecule has 3 N–H and O–H groups in total. The predicted molar refractivity (Wildman–Crippen MR) is 102 cm³/mol. The summed E-state index contributed by atoms with van der Waals surface area (Å²) in [5.41, 5.74) is 0.789. The maximum atomic E-state index is 11.9. The SMILES string of the molecule is CN=C(NCCCOC1CCCCC1)NCC(=O)Nc1ccccc1. The molecule has 0 saturated heterocycles. The summed E-state index contributed by atoms with van der Waals surface area (Å²) in [6, 6.07) is 9.41. The second kappa shape index (κ2) is 11.5. The van der Waals surface area contributed by atoms with E-state index in [2.05, 4.69) is 20.9 Å². The van der Waals surface area contributed by atoms with Crippen molar-refractivity contribution >= 4 is 17.6 Å². The number of amides is 1. The van der Waals surface area contributed by atoms with Crippen LogP contribution in [0.25, 0.3) is 0 Å². The molecule has 1 aromatic carbocycles. The molecule has 0 aromatic heterocycles. The lowest BCUT2D eigenvalue weighted by molar-refractivity contribution is -0.115. The van der Waals surface area contributed by atoms with E-state index in [1.165, 1.54) is 32.1 Å². The monoisotopic (exact) mass is 346 g/mol. The first-order valence-corrected chi connectivity index (χ1v) is 9.19. The van der Waals surface area contributed by atoms with Gasteiger partial charge in [0, 0.05) is 25.9 Å². The fourth-order valence-electron chi connectivity index (χ4n) is 2.87. The van der Waals surface area contributed by atoms with E-state index in [1.807, 2.05) is 30.3 Å². The van der Waals surface area contributed by atoms with Gasteiger partial charge >= 0.3 is 0 Å². The van der Waals surface area contributed by atoms with E-state index in [9.17, 15) is 4.79 Å². The third-order valence-corrected chi connectivity index (χ3v) is 4.22. The highest BCUT2D eigenvalue weighted by atomic mass is 16.5. The normalized spacial score (nSPS) is 15.6. The fourth-order valence-corrected chi connectivity index (χ4v) is 2.87. The topological polar surface area (TPSA) is 74.8 Å². The molecule has 1 amide bonds. The van der Waals surface area contributed by atoms with Crippen LogP contribution in [-0.2, 0) is 9.53 Å². The Labute approximate surface area is 150 Å². The molecule has 6 heteroatoms. The Morgan fingerprint density at radius 2 is 1.92 bits per heavy atom. The minimum Gasteiger partial charge on any atom is -0.378 e. The van der Waals surface area contributed by atoms with Gasteiger partial charge < -0.3 is 20.7 Å². The van der Waals surface area contributed by atoms with Crippen molar-refractivity contribution in [2.75, 3.05) is 32.1 Å². The number of benzene rings is 1. The number of hydrogen-bond donors (Lipinski definition) is 3. The summed E-state index contributed by atoms with van der Waals surface area (Å²) in [7, 11) is 1.70. The van der Waals surface area contributed by atoms with Crippen molar-refractivity contribution < 1.29 is 9.53 Å². The van der Waals surface area contributed by atoms with E-state index in [0.29, 0.717) is 12.1 Å². The maximum absolute atomic E-state index is 11.9. The maximum Gasteiger partial charge on any atom is 0.243 e. The highest BCUT2D eigenvalue weighted by Crippen LogP contribution is 2.20. The molecule has 25 heavy (non-hydrogen) atoms. The average Bonchev–Trinajstić information content (AvgIpc) is 2.65. The number of guanidine groups is 1. The van der Waals surface area contributed by atoms with Gasteiger partial charge in [0.25, 0.3) is 0 Å². The highest BCUT2D eigenvalue weighted by molar-refractivity contribution is 5.94. The Bertz CT molecular complexity index is 527. The molecular formula is C19H30N4O2. The van der Waals surface area contributed by atoms with Gasteiger partial charge in [0.15, 0.2) is 5.96 Å². The van der Waals surface area contributed by atoms with E-state index in [1.54, 1.807) is 7.05 Å². The van der Waals surface area contributed by atoms with Gasteiger partial charge in [0.2, 0.25) is 5.91 Å². The number of carbonyl (C=O) groups is 1. The van der Waals surface area contributed by atoms with E-state index in [0.717, 1.165) is 25.3 Å². The van der Waals surface area contributed by atoms with Crippen LogP contribution in [-0.4, -0.2) is 44.7 Å². The Hall–Kier alpha value is -2.08. The molecule has 0 heterocycles. The van der Waals surface area contributed by atoms with Crippen molar-refractivity contribution in [1.82, 2.24) is 10.6 Å². The summed E-state index contributed by atoms with van der Waals surface area (Å²) in [4.78, 5) is 16.0. The van der Waals surface area contributed by atoms with Gasteiger partial charge in [-0.1, -0.05) is 37.5 Å². The van der Waals surface area contributed by atoms with E-state index in [4.69, 9.17) is 4.74 Å². The van der Waals surface area contributed by atoms with Crippen LogP contribution in [0.1, 0.15) is 38.5 Å². The van der Waals surface area contributed by atoms with Gasteiger partial charge in [-0.2, -0.15) is 0 Å². The number of carbonyl (C=O) groups excluding carboxylic acids is 1. The number of anilines is 1. The largest absolute Gasteiger partial charge is 0.378 e. The molecule has 1 saturated carbocycles. The molecule has 0 spiro atoms. The van der Waals surface area contributed by atoms with Gasteiger partial charge in [0.1, 0.15) is 0 Å². The van der Waals surface area contributed by atoms with Crippen LogP contribution in [0.3, 0.4) is 0 Å². The van der Waals surface area contributed by atoms with E-state index < -0.39 is 0 Å². The molecule has 138 valence electrons. The molecule has 0 atom stereocenters. The van der Waals surface area contributed by atoms with Crippen LogP contribution in [0.15, 0.2) is 35.3 Å². The van der Waals surface area contributed by atoms with Crippen molar-refractivity contribution in [2.45, 2.75) is 44.6 Å². The van der Waals surface area contributed by atoms with Crippen molar-refractivity contribution in [2.24, 2.45) is 4.99 Å². The summed E-state index contributed by atoms with van der Waals surface area (Å²) < 4.78 is 5.90. The van der Waals surface area contributed by atoms with Crippen LogP contribution >= 0.6 is 0 Å². The van der Waals surface area contributed by atoms with Crippen LogP contribution in [0.4, 0.5) is 5.69 Å². The molecule has 1 aromatic rings. The number of para-hydroxylation sites is 1.